The van der Waals surface area contributed by atoms with Crippen LogP contribution in [0.3, 0.4) is 0 Å². The van der Waals surface area contributed by atoms with Gasteiger partial charge in [0.2, 0.25) is 0 Å². The van der Waals surface area contributed by atoms with Gasteiger partial charge in [0.25, 0.3) is 0 Å². The number of aromatic nitrogens is 2. The molecule has 0 fully saturated rings. The van der Waals surface area contributed by atoms with Gasteiger partial charge in [-0.1, -0.05) is 0 Å². The highest BCUT2D eigenvalue weighted by atomic mass is 32.2. The maximum absolute atomic E-state index is 10.9. The van der Waals surface area contributed by atoms with Gasteiger partial charge in [0.1, 0.15) is 9.84 Å². The lowest BCUT2D eigenvalue weighted by Crippen LogP contribution is -2.39. The molecule has 0 amide bonds. The highest BCUT2D eigenvalue weighted by Gasteiger charge is 2.10. The second kappa shape index (κ2) is 4.10. The van der Waals surface area contributed by atoms with Crippen molar-refractivity contribution in [2.45, 2.75) is 13.1 Å². The predicted molar refractivity (Wildman–Crippen MR) is 53.2 cm³/mol. The molecular formula is C8H16N3O2S+. The van der Waals surface area contributed by atoms with E-state index in [2.05, 4.69) is 0 Å². The van der Waals surface area contributed by atoms with Crippen LogP contribution in [0.4, 0.5) is 0 Å². The van der Waals surface area contributed by atoms with E-state index in [1.165, 1.54) is 6.26 Å². The van der Waals surface area contributed by atoms with Gasteiger partial charge in [0.05, 0.1) is 24.1 Å². The number of aryl methyl sites for hydroxylation is 2. The normalized spacial score (nSPS) is 11.9. The third kappa shape index (κ3) is 3.12. The summed E-state index contributed by atoms with van der Waals surface area (Å²) in [5.74, 6) is 0.152. The molecule has 1 rings (SSSR count). The Bertz CT molecular complexity index is 408. The smallest absolute Gasteiger partial charge is 0.199 e. The fraction of sp³-hybridized carbons (Fsp3) is 0.625. The lowest BCUT2D eigenvalue weighted by atomic mass is 10.4. The summed E-state index contributed by atoms with van der Waals surface area (Å²) in [5, 5.41) is 0. The molecule has 2 N–H and O–H groups in total. The molecule has 1 heterocycles. The molecule has 0 unspecified atom stereocenters. The molecule has 0 spiro atoms. The van der Waals surface area contributed by atoms with Crippen LogP contribution in [0.15, 0.2) is 12.4 Å². The summed E-state index contributed by atoms with van der Waals surface area (Å²) in [5.41, 5.74) is 6.47. The minimum absolute atomic E-state index is 0.152. The Morgan fingerprint density at radius 1 is 1.57 bits per heavy atom. The Balaban J connectivity index is 2.72. The zero-order chi connectivity index (χ0) is 10.8. The van der Waals surface area contributed by atoms with Gasteiger partial charge < -0.3 is 5.73 Å². The molecule has 1 aromatic rings. The molecule has 0 aliphatic rings. The van der Waals surface area contributed by atoms with Crippen molar-refractivity contribution < 1.29 is 13.1 Å². The van der Waals surface area contributed by atoms with Gasteiger partial charge in [-0.15, -0.1) is 4.68 Å². The van der Waals surface area contributed by atoms with Crippen LogP contribution < -0.4 is 10.4 Å². The van der Waals surface area contributed by atoms with E-state index in [0.717, 1.165) is 5.56 Å². The third-order valence-electron chi connectivity index (χ3n) is 2.00. The van der Waals surface area contributed by atoms with Crippen LogP contribution in [-0.2, 0) is 30.0 Å². The highest BCUT2D eigenvalue weighted by molar-refractivity contribution is 7.90. The Labute approximate surface area is 84.0 Å². The molecule has 0 aliphatic carbocycles. The fourth-order valence-corrected chi connectivity index (χ4v) is 1.74. The largest absolute Gasteiger partial charge is 0.326 e. The summed E-state index contributed by atoms with van der Waals surface area (Å²) in [4.78, 5) is 0. The van der Waals surface area contributed by atoms with Gasteiger partial charge >= 0.3 is 0 Å². The van der Waals surface area contributed by atoms with Crippen LogP contribution in [0.2, 0.25) is 0 Å². The number of hydrogen-bond donors (Lipinski definition) is 1. The second-order valence-electron chi connectivity index (χ2n) is 3.40. The Hall–Kier alpha value is -0.880. The first-order chi connectivity index (χ1) is 6.42. The van der Waals surface area contributed by atoms with Crippen LogP contribution >= 0.6 is 0 Å². The Morgan fingerprint density at radius 3 is 2.64 bits per heavy atom. The molecule has 0 bridgehead atoms. The molecule has 0 radical (unpaired) electrons. The number of nitrogens with two attached hydrogens (primary N) is 1. The van der Waals surface area contributed by atoms with Crippen molar-refractivity contribution in [2.75, 3.05) is 12.0 Å². The van der Waals surface area contributed by atoms with E-state index in [9.17, 15) is 8.42 Å². The standard InChI is InChI=1S/C8H16N3O2S/c1-10-6-8(5-9)7-11(10)3-4-14(2,12)13/h6-7H,3-5,9H2,1-2H3/q+1. The number of sulfone groups is 1. The van der Waals surface area contributed by atoms with Crippen molar-refractivity contribution in [1.82, 2.24) is 4.68 Å². The monoisotopic (exact) mass is 218 g/mol. The van der Waals surface area contributed by atoms with E-state index in [0.29, 0.717) is 13.1 Å². The van der Waals surface area contributed by atoms with Gasteiger partial charge in [-0.05, 0) is 0 Å². The Morgan fingerprint density at radius 2 is 2.21 bits per heavy atom. The van der Waals surface area contributed by atoms with Crippen molar-refractivity contribution in [3.63, 3.8) is 0 Å². The summed E-state index contributed by atoms with van der Waals surface area (Å²) in [7, 11) is -1.04. The van der Waals surface area contributed by atoms with Crippen LogP contribution in [-0.4, -0.2) is 25.1 Å². The topological polar surface area (TPSA) is 69.0 Å². The third-order valence-corrected chi connectivity index (χ3v) is 2.92. The molecule has 0 saturated heterocycles. The molecular weight excluding hydrogens is 202 g/mol. The van der Waals surface area contributed by atoms with Crippen LogP contribution in [0, 0.1) is 0 Å². The Kier molecular flexibility index (Phi) is 3.28. The van der Waals surface area contributed by atoms with Crippen LogP contribution in [0.25, 0.3) is 0 Å². The summed E-state index contributed by atoms with van der Waals surface area (Å²) >= 11 is 0. The van der Waals surface area contributed by atoms with E-state index in [1.807, 2.05) is 28.8 Å². The van der Waals surface area contributed by atoms with Crippen LogP contribution in [0.1, 0.15) is 5.56 Å². The maximum atomic E-state index is 10.9. The van der Waals surface area contributed by atoms with Crippen molar-refractivity contribution in [2.24, 2.45) is 12.8 Å². The maximum Gasteiger partial charge on any atom is 0.199 e. The van der Waals surface area contributed by atoms with Crippen molar-refractivity contribution in [1.29, 1.82) is 0 Å². The SMILES string of the molecule is C[n+]1cc(CN)cn1CCS(C)(=O)=O. The predicted octanol–water partition coefficient (Wildman–Crippen LogP) is -1.18. The first-order valence-corrected chi connectivity index (χ1v) is 6.41. The van der Waals surface area contributed by atoms with E-state index >= 15 is 0 Å². The molecule has 14 heavy (non-hydrogen) atoms. The molecule has 0 atom stereocenters. The average Bonchev–Trinajstić information content (AvgIpc) is 2.42. The van der Waals surface area contributed by atoms with E-state index in [4.69, 9.17) is 5.73 Å². The average molecular weight is 218 g/mol. The lowest BCUT2D eigenvalue weighted by molar-refractivity contribution is -0.753. The summed E-state index contributed by atoms with van der Waals surface area (Å²) in [6.45, 7) is 0.940. The van der Waals surface area contributed by atoms with E-state index < -0.39 is 9.84 Å². The highest BCUT2D eigenvalue weighted by Crippen LogP contribution is 1.94. The lowest BCUT2D eigenvalue weighted by Gasteiger charge is -1.97. The van der Waals surface area contributed by atoms with Gasteiger partial charge in [0.15, 0.2) is 13.2 Å². The minimum atomic E-state index is -2.90. The molecule has 0 saturated carbocycles. The summed E-state index contributed by atoms with van der Waals surface area (Å²) in [6, 6.07) is 0. The second-order valence-corrected chi connectivity index (χ2v) is 5.66. The molecule has 0 aliphatic heterocycles. The van der Waals surface area contributed by atoms with Gasteiger partial charge in [-0.2, -0.15) is 4.68 Å². The minimum Gasteiger partial charge on any atom is -0.326 e. The number of nitrogens with zero attached hydrogens (tertiary/aromatic N) is 2. The quantitative estimate of drug-likeness (QED) is 0.647. The van der Waals surface area contributed by atoms with Gasteiger partial charge in [-0.3, -0.25) is 0 Å². The molecule has 1 aromatic heterocycles. The summed E-state index contributed by atoms with van der Waals surface area (Å²) in [6.07, 6.45) is 4.99. The zero-order valence-corrected chi connectivity index (χ0v) is 9.29. The van der Waals surface area contributed by atoms with Gasteiger partial charge in [-0.25, -0.2) is 8.42 Å². The first-order valence-electron chi connectivity index (χ1n) is 4.35. The number of rotatable bonds is 4. The van der Waals surface area contributed by atoms with Gasteiger partial charge in [0, 0.05) is 12.8 Å². The zero-order valence-electron chi connectivity index (χ0n) is 8.47. The molecule has 6 heteroatoms. The van der Waals surface area contributed by atoms with E-state index in [-0.39, 0.29) is 5.75 Å². The number of hydrogen-bond acceptors (Lipinski definition) is 3. The van der Waals surface area contributed by atoms with Crippen molar-refractivity contribution in [3.05, 3.63) is 18.0 Å². The van der Waals surface area contributed by atoms with Crippen molar-refractivity contribution >= 4 is 9.84 Å². The fourth-order valence-electron chi connectivity index (χ4n) is 1.22. The van der Waals surface area contributed by atoms with Crippen molar-refractivity contribution in [3.8, 4) is 0 Å². The summed E-state index contributed by atoms with van der Waals surface area (Å²) < 4.78 is 25.6. The first kappa shape index (κ1) is 11.2. The molecule has 0 aromatic carbocycles. The van der Waals surface area contributed by atoms with E-state index in [1.54, 1.807) is 0 Å². The molecule has 80 valence electrons. The molecule has 5 nitrogen and oxygen atoms in total. The van der Waals surface area contributed by atoms with Crippen LogP contribution in [0.5, 0.6) is 0 Å².